The maximum Gasteiger partial charge on any atom is 0.134 e. The van der Waals surface area contributed by atoms with Gasteiger partial charge in [-0.05, 0) is 39.2 Å². The van der Waals surface area contributed by atoms with Gasteiger partial charge in [0.1, 0.15) is 12.4 Å². The van der Waals surface area contributed by atoms with E-state index in [0.717, 1.165) is 21.3 Å². The normalized spacial score (nSPS) is 10.2. The molecule has 0 aliphatic heterocycles. The first-order valence-electron chi connectivity index (χ1n) is 5.35. The van der Waals surface area contributed by atoms with Crippen molar-refractivity contribution in [3.8, 4) is 5.75 Å². The Morgan fingerprint density at radius 3 is 2.41 bits per heavy atom. The van der Waals surface area contributed by atoms with Crippen LogP contribution in [0, 0.1) is 0 Å². The molecule has 0 bridgehead atoms. The first-order chi connectivity index (χ1) is 8.29. The zero-order chi connectivity index (χ0) is 12.1. The predicted octanol–water partition coefficient (Wildman–Crippen LogP) is 3.52. The quantitative estimate of drug-likeness (QED) is 0.934. The average Bonchev–Trinajstić information content (AvgIpc) is 2.38. The van der Waals surface area contributed by atoms with Gasteiger partial charge in [0, 0.05) is 0 Å². The molecule has 0 unspecified atom stereocenters. The molecule has 0 aliphatic carbocycles. The highest BCUT2D eigenvalue weighted by molar-refractivity contribution is 9.10. The summed E-state index contributed by atoms with van der Waals surface area (Å²) < 4.78 is 6.55. The molecular formula is C14H13BrO2. The Labute approximate surface area is 109 Å². The van der Waals surface area contributed by atoms with Gasteiger partial charge in [-0.1, -0.05) is 36.4 Å². The second-order valence-corrected chi connectivity index (χ2v) is 4.55. The molecule has 3 heteroatoms. The van der Waals surface area contributed by atoms with Gasteiger partial charge >= 0.3 is 0 Å². The first-order valence-corrected chi connectivity index (χ1v) is 6.15. The van der Waals surface area contributed by atoms with Crippen LogP contribution in [-0.4, -0.2) is 5.11 Å². The van der Waals surface area contributed by atoms with E-state index in [1.807, 2.05) is 48.5 Å². The minimum absolute atomic E-state index is 0.0393. The number of aliphatic hydroxyl groups excluding tert-OH is 1. The fourth-order valence-electron chi connectivity index (χ4n) is 1.50. The van der Waals surface area contributed by atoms with Crippen molar-refractivity contribution in [3.05, 3.63) is 64.1 Å². The number of aliphatic hydroxyl groups is 1. The molecule has 17 heavy (non-hydrogen) atoms. The third-order valence-electron chi connectivity index (χ3n) is 2.42. The molecule has 1 N–H and O–H groups in total. The maximum absolute atomic E-state index is 9.00. The fourth-order valence-corrected chi connectivity index (χ4v) is 2.04. The van der Waals surface area contributed by atoms with E-state index in [1.54, 1.807) is 0 Å². The van der Waals surface area contributed by atoms with Gasteiger partial charge in [0.15, 0.2) is 0 Å². The van der Waals surface area contributed by atoms with Gasteiger partial charge in [0.2, 0.25) is 0 Å². The van der Waals surface area contributed by atoms with Crippen molar-refractivity contribution in [2.45, 2.75) is 13.2 Å². The predicted molar refractivity (Wildman–Crippen MR) is 70.8 cm³/mol. The summed E-state index contributed by atoms with van der Waals surface area (Å²) in [4.78, 5) is 0. The molecule has 2 aromatic rings. The van der Waals surface area contributed by atoms with Crippen LogP contribution in [-0.2, 0) is 13.2 Å². The number of hydrogen-bond acceptors (Lipinski definition) is 2. The molecule has 0 fully saturated rings. The first kappa shape index (κ1) is 12.1. The number of benzene rings is 2. The third-order valence-corrected chi connectivity index (χ3v) is 3.04. The van der Waals surface area contributed by atoms with Gasteiger partial charge in [-0.3, -0.25) is 0 Å². The summed E-state index contributed by atoms with van der Waals surface area (Å²) >= 11 is 3.43. The minimum Gasteiger partial charge on any atom is -0.488 e. The molecule has 2 nitrogen and oxygen atoms in total. The summed E-state index contributed by atoms with van der Waals surface area (Å²) in [6, 6.07) is 15.6. The Kier molecular flexibility index (Phi) is 4.18. The maximum atomic E-state index is 9.00. The van der Waals surface area contributed by atoms with Crippen LogP contribution >= 0.6 is 15.9 Å². The van der Waals surface area contributed by atoms with Crippen LogP contribution in [0.3, 0.4) is 0 Å². The minimum atomic E-state index is 0.0393. The average molecular weight is 293 g/mol. The highest BCUT2D eigenvalue weighted by atomic mass is 79.9. The summed E-state index contributed by atoms with van der Waals surface area (Å²) in [7, 11) is 0. The second kappa shape index (κ2) is 5.84. The molecule has 0 spiro atoms. The van der Waals surface area contributed by atoms with E-state index in [-0.39, 0.29) is 6.61 Å². The van der Waals surface area contributed by atoms with Crippen molar-refractivity contribution in [1.29, 1.82) is 0 Å². The molecule has 0 heterocycles. The molecule has 0 atom stereocenters. The van der Waals surface area contributed by atoms with Crippen molar-refractivity contribution >= 4 is 15.9 Å². The zero-order valence-corrected chi connectivity index (χ0v) is 10.9. The van der Waals surface area contributed by atoms with Crippen LogP contribution in [0.5, 0.6) is 5.75 Å². The molecule has 88 valence electrons. The molecular weight excluding hydrogens is 280 g/mol. The van der Waals surface area contributed by atoms with Crippen LogP contribution in [0.4, 0.5) is 0 Å². The zero-order valence-electron chi connectivity index (χ0n) is 9.27. The van der Waals surface area contributed by atoms with Crippen LogP contribution in [0.25, 0.3) is 0 Å². The van der Waals surface area contributed by atoms with Crippen molar-refractivity contribution in [2.24, 2.45) is 0 Å². The van der Waals surface area contributed by atoms with E-state index >= 15 is 0 Å². The van der Waals surface area contributed by atoms with E-state index < -0.39 is 0 Å². The number of halogens is 1. The molecule has 0 amide bonds. The lowest BCUT2D eigenvalue weighted by molar-refractivity contribution is 0.280. The third kappa shape index (κ3) is 3.32. The van der Waals surface area contributed by atoms with Gasteiger partial charge in [-0.25, -0.2) is 0 Å². The smallest absolute Gasteiger partial charge is 0.134 e. The van der Waals surface area contributed by atoms with E-state index in [2.05, 4.69) is 15.9 Å². The standard InChI is InChI=1S/C14H13BrO2/c15-13-8-12(9-16)6-7-14(13)17-10-11-4-2-1-3-5-11/h1-8,16H,9-10H2. The summed E-state index contributed by atoms with van der Waals surface area (Å²) in [6.07, 6.45) is 0. The monoisotopic (exact) mass is 292 g/mol. The summed E-state index contributed by atoms with van der Waals surface area (Å²) in [6.45, 7) is 0.579. The summed E-state index contributed by atoms with van der Waals surface area (Å²) in [5, 5.41) is 9.00. The lowest BCUT2D eigenvalue weighted by Gasteiger charge is -2.09. The highest BCUT2D eigenvalue weighted by Crippen LogP contribution is 2.26. The highest BCUT2D eigenvalue weighted by Gasteiger charge is 2.02. The van der Waals surface area contributed by atoms with Gasteiger partial charge in [0.25, 0.3) is 0 Å². The molecule has 0 aliphatic rings. The second-order valence-electron chi connectivity index (χ2n) is 3.70. The van der Waals surface area contributed by atoms with Crippen LogP contribution < -0.4 is 4.74 Å². The van der Waals surface area contributed by atoms with E-state index in [4.69, 9.17) is 9.84 Å². The van der Waals surface area contributed by atoms with Crippen LogP contribution in [0.1, 0.15) is 11.1 Å². The molecule has 2 aromatic carbocycles. The molecule has 0 saturated heterocycles. The largest absolute Gasteiger partial charge is 0.488 e. The van der Waals surface area contributed by atoms with Gasteiger partial charge in [-0.15, -0.1) is 0 Å². The Bertz CT molecular complexity index is 483. The Morgan fingerprint density at radius 2 is 1.76 bits per heavy atom. The van der Waals surface area contributed by atoms with Gasteiger partial charge in [0.05, 0.1) is 11.1 Å². The van der Waals surface area contributed by atoms with Gasteiger partial charge in [-0.2, -0.15) is 0 Å². The molecule has 2 rings (SSSR count). The van der Waals surface area contributed by atoms with Crippen LogP contribution in [0.15, 0.2) is 53.0 Å². The van der Waals surface area contributed by atoms with E-state index in [9.17, 15) is 0 Å². The Balaban J connectivity index is 2.04. The lowest BCUT2D eigenvalue weighted by atomic mass is 10.2. The van der Waals surface area contributed by atoms with Gasteiger partial charge < -0.3 is 9.84 Å². The fraction of sp³-hybridized carbons (Fsp3) is 0.143. The Hall–Kier alpha value is -1.32. The van der Waals surface area contributed by atoms with Crippen molar-refractivity contribution in [2.75, 3.05) is 0 Å². The van der Waals surface area contributed by atoms with E-state index in [0.29, 0.717) is 6.61 Å². The molecule has 0 aromatic heterocycles. The summed E-state index contributed by atoms with van der Waals surface area (Å²) in [5.74, 6) is 0.783. The summed E-state index contributed by atoms with van der Waals surface area (Å²) in [5.41, 5.74) is 1.99. The van der Waals surface area contributed by atoms with Crippen molar-refractivity contribution in [1.82, 2.24) is 0 Å². The van der Waals surface area contributed by atoms with Crippen molar-refractivity contribution < 1.29 is 9.84 Å². The number of rotatable bonds is 4. The number of ether oxygens (including phenoxy) is 1. The SMILES string of the molecule is OCc1ccc(OCc2ccccc2)c(Br)c1. The number of hydrogen-bond donors (Lipinski definition) is 1. The lowest BCUT2D eigenvalue weighted by Crippen LogP contribution is -1.96. The van der Waals surface area contributed by atoms with E-state index in [1.165, 1.54) is 0 Å². The molecule has 0 saturated carbocycles. The van der Waals surface area contributed by atoms with Crippen LogP contribution in [0.2, 0.25) is 0 Å². The Morgan fingerprint density at radius 1 is 1.00 bits per heavy atom. The van der Waals surface area contributed by atoms with Crippen molar-refractivity contribution in [3.63, 3.8) is 0 Å². The topological polar surface area (TPSA) is 29.5 Å². The molecule has 0 radical (unpaired) electrons.